The van der Waals surface area contributed by atoms with Gasteiger partial charge < -0.3 is 4.74 Å². The van der Waals surface area contributed by atoms with Gasteiger partial charge in [0, 0.05) is 11.5 Å². The number of rotatable bonds is 3. The van der Waals surface area contributed by atoms with Crippen molar-refractivity contribution < 1.29 is 18.3 Å². The molecule has 0 bridgehead atoms. The summed E-state index contributed by atoms with van der Waals surface area (Å²) in [5, 5.41) is -0.110. The Balaban J connectivity index is 2.12. The summed E-state index contributed by atoms with van der Waals surface area (Å²) in [6, 6.07) is 2.28. The van der Waals surface area contributed by atoms with Crippen LogP contribution < -0.4 is 0 Å². The van der Waals surface area contributed by atoms with Crippen molar-refractivity contribution >= 4 is 29.2 Å². The van der Waals surface area contributed by atoms with Crippen LogP contribution in [0.1, 0.15) is 31.2 Å². The van der Waals surface area contributed by atoms with Crippen LogP contribution in [0.3, 0.4) is 0 Å². The van der Waals surface area contributed by atoms with Crippen LogP contribution in [0.25, 0.3) is 0 Å². The number of halogens is 4. The fraction of sp³-hybridized carbons (Fsp3) is 0.571. The van der Waals surface area contributed by atoms with Crippen molar-refractivity contribution in [1.82, 2.24) is 4.98 Å². The predicted octanol–water partition coefficient (Wildman–Crippen LogP) is 4.46. The molecule has 0 aliphatic heterocycles. The molecule has 2 rings (SSSR count). The van der Waals surface area contributed by atoms with Gasteiger partial charge in [-0.2, -0.15) is 0 Å². The number of carbonyl (C=O) groups excluding carboxylic acids is 1. The number of nitrogens with zero attached hydrogens (tertiary/aromatic N) is 1. The van der Waals surface area contributed by atoms with E-state index in [1.165, 1.54) is 7.11 Å². The third-order valence-electron chi connectivity index (χ3n) is 3.92. The van der Waals surface area contributed by atoms with E-state index in [1.54, 1.807) is 0 Å². The van der Waals surface area contributed by atoms with Gasteiger partial charge in [0.05, 0.1) is 13.0 Å². The maximum Gasteiger partial charge on any atom is 0.308 e. The topological polar surface area (TPSA) is 39.2 Å². The quantitative estimate of drug-likeness (QED) is 0.603. The lowest BCUT2D eigenvalue weighted by Gasteiger charge is -2.33. The van der Waals surface area contributed by atoms with Crippen LogP contribution in [0.15, 0.2) is 12.1 Å². The predicted molar refractivity (Wildman–Crippen MR) is 75.6 cm³/mol. The minimum absolute atomic E-state index is 0.0552. The summed E-state index contributed by atoms with van der Waals surface area (Å²) in [4.78, 5) is 15.1. The number of alkyl halides is 2. The molecular weight excluding hydrogens is 323 g/mol. The molecule has 0 N–H and O–H groups in total. The molecule has 21 heavy (non-hydrogen) atoms. The third kappa shape index (κ3) is 3.64. The summed E-state index contributed by atoms with van der Waals surface area (Å²) in [5.41, 5.74) is -0.228. The van der Waals surface area contributed by atoms with Gasteiger partial charge in [-0.15, -0.1) is 0 Å². The Morgan fingerprint density at radius 3 is 2.24 bits per heavy atom. The first-order valence-electron chi connectivity index (χ1n) is 6.63. The second-order valence-corrected chi connectivity index (χ2v) is 5.97. The second-order valence-electron chi connectivity index (χ2n) is 5.20. The molecule has 1 aliphatic carbocycles. The average Bonchev–Trinajstić information content (AvgIpc) is 2.45. The Morgan fingerprint density at radius 2 is 1.76 bits per heavy atom. The smallest absolute Gasteiger partial charge is 0.308 e. The van der Waals surface area contributed by atoms with E-state index in [4.69, 9.17) is 23.2 Å². The van der Waals surface area contributed by atoms with Crippen molar-refractivity contribution in [1.29, 1.82) is 0 Å². The highest BCUT2D eigenvalue weighted by atomic mass is 35.5. The maximum atomic E-state index is 14.6. The summed E-state index contributed by atoms with van der Waals surface area (Å²) in [7, 11) is 1.31. The van der Waals surface area contributed by atoms with Gasteiger partial charge in [0.1, 0.15) is 10.3 Å². The molecule has 1 fully saturated rings. The summed E-state index contributed by atoms with van der Waals surface area (Å²) in [6.45, 7) is 0. The molecule has 1 heterocycles. The van der Waals surface area contributed by atoms with Crippen LogP contribution in [-0.4, -0.2) is 18.1 Å². The minimum atomic E-state index is -3.04. The lowest BCUT2D eigenvalue weighted by atomic mass is 9.77. The first kappa shape index (κ1) is 16.4. The summed E-state index contributed by atoms with van der Waals surface area (Å²) in [5.74, 6) is -4.50. The fourth-order valence-electron chi connectivity index (χ4n) is 2.75. The highest BCUT2D eigenvalue weighted by molar-refractivity contribution is 6.32. The largest absolute Gasteiger partial charge is 0.469 e. The number of methoxy groups -OCH3 is 1. The zero-order valence-corrected chi connectivity index (χ0v) is 12.9. The molecule has 0 spiro atoms. The number of aromatic nitrogens is 1. The van der Waals surface area contributed by atoms with Crippen LogP contribution >= 0.6 is 23.2 Å². The average molecular weight is 338 g/mol. The number of ether oxygens (including phenoxy) is 1. The molecule has 0 amide bonds. The molecule has 1 saturated carbocycles. The molecule has 1 aromatic heterocycles. The van der Waals surface area contributed by atoms with Gasteiger partial charge in [-0.3, -0.25) is 4.79 Å². The van der Waals surface area contributed by atoms with E-state index in [9.17, 15) is 13.6 Å². The SMILES string of the molecule is COC(=O)C1CCC(C(F)(F)c2cc(Cl)nc(Cl)c2)CC1. The first-order chi connectivity index (χ1) is 9.84. The molecule has 0 saturated heterocycles. The van der Waals surface area contributed by atoms with Crippen LogP contribution in [-0.2, 0) is 15.5 Å². The van der Waals surface area contributed by atoms with Gasteiger partial charge in [0.25, 0.3) is 5.92 Å². The number of hydrogen-bond acceptors (Lipinski definition) is 3. The molecule has 3 nitrogen and oxygen atoms in total. The van der Waals surface area contributed by atoms with E-state index in [-0.39, 0.29) is 40.6 Å². The van der Waals surface area contributed by atoms with Gasteiger partial charge in [0.15, 0.2) is 0 Å². The molecular formula is C14H15Cl2F2NO2. The molecule has 1 aromatic rings. The Hall–Kier alpha value is -0.940. The molecule has 116 valence electrons. The number of hydrogen-bond donors (Lipinski definition) is 0. The Bertz CT molecular complexity index is 511. The van der Waals surface area contributed by atoms with Gasteiger partial charge >= 0.3 is 5.97 Å². The molecule has 0 radical (unpaired) electrons. The van der Waals surface area contributed by atoms with Gasteiger partial charge in [0.2, 0.25) is 0 Å². The number of pyridine rings is 1. The molecule has 0 aromatic carbocycles. The van der Waals surface area contributed by atoms with E-state index >= 15 is 0 Å². The molecule has 7 heteroatoms. The van der Waals surface area contributed by atoms with E-state index in [2.05, 4.69) is 9.72 Å². The lowest BCUT2D eigenvalue weighted by Crippen LogP contribution is -2.32. The van der Waals surface area contributed by atoms with Crippen LogP contribution in [0, 0.1) is 11.8 Å². The second kappa shape index (κ2) is 6.44. The third-order valence-corrected chi connectivity index (χ3v) is 4.31. The van der Waals surface area contributed by atoms with E-state index in [0.717, 1.165) is 12.1 Å². The minimum Gasteiger partial charge on any atom is -0.469 e. The van der Waals surface area contributed by atoms with E-state index in [1.807, 2.05) is 0 Å². The Labute approximate surface area is 131 Å². The van der Waals surface area contributed by atoms with Crippen molar-refractivity contribution in [3.05, 3.63) is 28.0 Å². The number of esters is 1. The highest BCUT2D eigenvalue weighted by Crippen LogP contribution is 2.45. The highest BCUT2D eigenvalue weighted by Gasteiger charge is 2.44. The lowest BCUT2D eigenvalue weighted by molar-refractivity contribution is -0.149. The normalized spacial score (nSPS) is 22.9. The Morgan fingerprint density at radius 1 is 1.24 bits per heavy atom. The maximum absolute atomic E-state index is 14.6. The zero-order valence-electron chi connectivity index (χ0n) is 11.4. The van der Waals surface area contributed by atoms with Crippen molar-refractivity contribution in [2.75, 3.05) is 7.11 Å². The van der Waals surface area contributed by atoms with Crippen LogP contribution in [0.5, 0.6) is 0 Å². The van der Waals surface area contributed by atoms with Gasteiger partial charge in [-0.1, -0.05) is 23.2 Å². The summed E-state index contributed by atoms with van der Waals surface area (Å²) >= 11 is 11.4. The van der Waals surface area contributed by atoms with Gasteiger partial charge in [-0.25, -0.2) is 13.8 Å². The van der Waals surface area contributed by atoms with Crippen molar-refractivity contribution in [2.24, 2.45) is 11.8 Å². The van der Waals surface area contributed by atoms with E-state index in [0.29, 0.717) is 12.8 Å². The Kier molecular flexibility index (Phi) is 5.04. The van der Waals surface area contributed by atoms with Crippen molar-refractivity contribution in [3.63, 3.8) is 0 Å². The van der Waals surface area contributed by atoms with E-state index < -0.39 is 11.8 Å². The molecule has 1 aliphatic rings. The number of carbonyl (C=O) groups is 1. The standard InChI is InChI=1S/C14H15Cl2F2NO2/c1-21-13(20)8-2-4-9(5-3-8)14(17,18)10-6-11(15)19-12(16)7-10/h6-9H,2-5H2,1H3. The summed E-state index contributed by atoms with van der Waals surface area (Å²) in [6.07, 6.45) is 1.31. The first-order valence-corrected chi connectivity index (χ1v) is 7.39. The fourth-order valence-corrected chi connectivity index (χ4v) is 3.21. The monoisotopic (exact) mass is 337 g/mol. The van der Waals surface area contributed by atoms with Crippen LogP contribution in [0.4, 0.5) is 8.78 Å². The zero-order chi connectivity index (χ0) is 15.6. The van der Waals surface area contributed by atoms with Gasteiger partial charge in [-0.05, 0) is 37.8 Å². The summed E-state index contributed by atoms with van der Waals surface area (Å²) < 4.78 is 33.8. The van der Waals surface area contributed by atoms with Crippen molar-refractivity contribution in [3.8, 4) is 0 Å². The molecule has 0 atom stereocenters. The molecule has 0 unspecified atom stereocenters. The van der Waals surface area contributed by atoms with Crippen LogP contribution in [0.2, 0.25) is 10.3 Å². The van der Waals surface area contributed by atoms with Crippen molar-refractivity contribution in [2.45, 2.75) is 31.6 Å².